The van der Waals surface area contributed by atoms with Gasteiger partial charge in [0.05, 0.1) is 11.8 Å². The van der Waals surface area contributed by atoms with Crippen LogP contribution >= 0.6 is 0 Å². The standard InChI is InChI=1S/C27H36O5/c1-6-27(32-24(31)17(3)16(2)23(29)30)14-11-22-20-8-7-18-15-19(28)9-12-25(18,4)21(20)10-13-26(22,27)5/h1,15-17,20-22H,7-14H2,2-5H3,(H,29,30). The number of hydrogen-bond donors (Lipinski definition) is 1. The highest BCUT2D eigenvalue weighted by Crippen LogP contribution is 2.68. The number of carbonyl (C=O) groups is 3. The minimum Gasteiger partial charge on any atom is -0.481 e. The van der Waals surface area contributed by atoms with Gasteiger partial charge in [-0.2, -0.15) is 0 Å². The van der Waals surface area contributed by atoms with E-state index in [9.17, 15) is 19.5 Å². The SMILES string of the molecule is C#CC1(OC(=O)C(C)C(C)C(=O)O)CCC2C3CCC4=CC(=O)CCC4(C)C3CCC21C. The number of carboxylic acid groups (broad SMARTS) is 1. The summed E-state index contributed by atoms with van der Waals surface area (Å²) in [6, 6.07) is 0. The predicted octanol–water partition coefficient (Wildman–Crippen LogP) is 4.79. The Kier molecular flexibility index (Phi) is 5.59. The van der Waals surface area contributed by atoms with Crippen LogP contribution in [0.25, 0.3) is 0 Å². The summed E-state index contributed by atoms with van der Waals surface area (Å²) in [4.78, 5) is 36.4. The van der Waals surface area contributed by atoms with E-state index in [1.807, 2.05) is 6.08 Å². The Labute approximate surface area is 191 Å². The third-order valence-electron chi connectivity index (χ3n) is 10.1. The lowest BCUT2D eigenvalue weighted by atomic mass is 9.46. The number of fused-ring (bicyclic) bond motifs is 5. The largest absolute Gasteiger partial charge is 0.481 e. The number of carboxylic acids is 1. The molecule has 4 rings (SSSR count). The number of aliphatic carboxylic acids is 1. The smallest absolute Gasteiger partial charge is 0.311 e. The first kappa shape index (κ1) is 23.1. The zero-order valence-electron chi connectivity index (χ0n) is 19.8. The van der Waals surface area contributed by atoms with Gasteiger partial charge < -0.3 is 9.84 Å². The first-order valence-corrected chi connectivity index (χ1v) is 12.2. The summed E-state index contributed by atoms with van der Waals surface area (Å²) < 4.78 is 6.08. The summed E-state index contributed by atoms with van der Waals surface area (Å²) in [5, 5.41) is 9.31. The highest BCUT2D eigenvalue weighted by molar-refractivity contribution is 5.91. The molecule has 0 spiro atoms. The molecule has 174 valence electrons. The number of carbonyl (C=O) groups excluding carboxylic acids is 2. The lowest BCUT2D eigenvalue weighted by Gasteiger charge is -2.58. The van der Waals surface area contributed by atoms with Gasteiger partial charge in [0.15, 0.2) is 11.4 Å². The maximum absolute atomic E-state index is 13.0. The Balaban J connectivity index is 1.60. The van der Waals surface area contributed by atoms with E-state index in [1.54, 1.807) is 6.92 Å². The molecule has 0 radical (unpaired) electrons. The molecule has 0 saturated heterocycles. The number of allylic oxidation sites excluding steroid dienone is 1. The maximum atomic E-state index is 13.0. The van der Waals surface area contributed by atoms with E-state index in [0.29, 0.717) is 30.6 Å². The summed E-state index contributed by atoms with van der Waals surface area (Å²) >= 11 is 0. The normalized spacial score (nSPS) is 42.4. The quantitative estimate of drug-likeness (QED) is 0.502. The fourth-order valence-electron chi connectivity index (χ4n) is 7.67. The highest BCUT2D eigenvalue weighted by Gasteiger charge is 2.65. The number of hydrogen-bond acceptors (Lipinski definition) is 4. The van der Waals surface area contributed by atoms with Gasteiger partial charge in [0.2, 0.25) is 0 Å². The summed E-state index contributed by atoms with van der Waals surface area (Å²) in [5.74, 6) is 1.47. The molecule has 5 heteroatoms. The Hall–Kier alpha value is -2.09. The van der Waals surface area contributed by atoms with Crippen molar-refractivity contribution >= 4 is 17.7 Å². The molecule has 32 heavy (non-hydrogen) atoms. The van der Waals surface area contributed by atoms with Gasteiger partial charge in [-0.05, 0) is 74.2 Å². The Morgan fingerprint density at radius 3 is 2.44 bits per heavy atom. The first-order valence-electron chi connectivity index (χ1n) is 12.2. The molecule has 0 aliphatic heterocycles. The summed E-state index contributed by atoms with van der Waals surface area (Å²) in [6.45, 7) is 7.68. The summed E-state index contributed by atoms with van der Waals surface area (Å²) in [5.41, 5.74) is 0.128. The molecule has 8 unspecified atom stereocenters. The average molecular weight is 441 g/mol. The van der Waals surface area contributed by atoms with Crippen LogP contribution in [-0.4, -0.2) is 28.4 Å². The molecule has 1 N–H and O–H groups in total. The minimum atomic E-state index is -1.01. The third-order valence-corrected chi connectivity index (χ3v) is 10.1. The summed E-state index contributed by atoms with van der Waals surface area (Å²) in [6.07, 6.45) is 15.0. The van der Waals surface area contributed by atoms with Crippen LogP contribution in [0.15, 0.2) is 11.6 Å². The molecular weight excluding hydrogens is 404 g/mol. The first-order chi connectivity index (χ1) is 15.0. The van der Waals surface area contributed by atoms with Crippen LogP contribution in [0.4, 0.5) is 0 Å². The van der Waals surface area contributed by atoms with Crippen LogP contribution in [0.1, 0.15) is 79.1 Å². The number of ketones is 1. The molecule has 0 aromatic carbocycles. The van der Waals surface area contributed by atoms with E-state index in [0.717, 1.165) is 38.5 Å². The van der Waals surface area contributed by atoms with Crippen LogP contribution in [0, 0.1) is 52.8 Å². The predicted molar refractivity (Wildman–Crippen MR) is 120 cm³/mol. The maximum Gasteiger partial charge on any atom is 0.311 e. The molecule has 4 aliphatic rings. The van der Waals surface area contributed by atoms with Crippen molar-refractivity contribution in [3.63, 3.8) is 0 Å². The van der Waals surface area contributed by atoms with Crippen molar-refractivity contribution in [2.24, 2.45) is 40.4 Å². The van der Waals surface area contributed by atoms with Crippen molar-refractivity contribution in [3.8, 4) is 12.3 Å². The fourth-order valence-corrected chi connectivity index (χ4v) is 7.67. The van der Waals surface area contributed by atoms with Crippen molar-refractivity contribution in [1.29, 1.82) is 0 Å². The molecule has 0 aromatic rings. The molecule has 3 fully saturated rings. The Bertz CT molecular complexity index is 911. The second-order valence-electron chi connectivity index (χ2n) is 11.3. The van der Waals surface area contributed by atoms with Crippen molar-refractivity contribution in [3.05, 3.63) is 11.6 Å². The number of terminal acetylenes is 1. The second-order valence-corrected chi connectivity index (χ2v) is 11.3. The highest BCUT2D eigenvalue weighted by atomic mass is 16.6. The van der Waals surface area contributed by atoms with Crippen molar-refractivity contribution < 1.29 is 24.2 Å². The van der Waals surface area contributed by atoms with E-state index < -0.39 is 29.4 Å². The lowest BCUT2D eigenvalue weighted by Crippen LogP contribution is -2.56. The molecule has 0 bridgehead atoms. The molecule has 0 aromatic heterocycles. The van der Waals surface area contributed by atoms with Crippen molar-refractivity contribution in [2.45, 2.75) is 84.7 Å². The second kappa shape index (κ2) is 7.75. The molecule has 0 amide bonds. The van der Waals surface area contributed by atoms with E-state index in [-0.39, 0.29) is 16.6 Å². The molecule has 3 saturated carbocycles. The number of ether oxygens (including phenoxy) is 1. The molecule has 5 nitrogen and oxygen atoms in total. The summed E-state index contributed by atoms with van der Waals surface area (Å²) in [7, 11) is 0. The lowest BCUT2D eigenvalue weighted by molar-refractivity contribution is -0.179. The van der Waals surface area contributed by atoms with E-state index in [2.05, 4.69) is 19.8 Å². The van der Waals surface area contributed by atoms with Crippen molar-refractivity contribution in [1.82, 2.24) is 0 Å². The van der Waals surface area contributed by atoms with Gasteiger partial charge in [0.25, 0.3) is 0 Å². The molecule has 0 heterocycles. The van der Waals surface area contributed by atoms with E-state index in [4.69, 9.17) is 11.2 Å². The van der Waals surface area contributed by atoms with E-state index >= 15 is 0 Å². The van der Waals surface area contributed by atoms with Crippen LogP contribution in [0.2, 0.25) is 0 Å². The fraction of sp³-hybridized carbons (Fsp3) is 0.741. The van der Waals surface area contributed by atoms with Crippen LogP contribution in [0.3, 0.4) is 0 Å². The van der Waals surface area contributed by atoms with Gasteiger partial charge >= 0.3 is 11.9 Å². The van der Waals surface area contributed by atoms with Gasteiger partial charge in [-0.25, -0.2) is 0 Å². The van der Waals surface area contributed by atoms with Crippen LogP contribution < -0.4 is 0 Å². The zero-order chi connectivity index (χ0) is 23.5. The monoisotopic (exact) mass is 440 g/mol. The molecular formula is C27H36O5. The Morgan fingerprint density at radius 1 is 1.09 bits per heavy atom. The number of rotatable bonds is 4. The van der Waals surface area contributed by atoms with Crippen LogP contribution in [0.5, 0.6) is 0 Å². The van der Waals surface area contributed by atoms with Gasteiger partial charge in [-0.15, -0.1) is 6.42 Å². The Morgan fingerprint density at radius 2 is 1.78 bits per heavy atom. The topological polar surface area (TPSA) is 80.7 Å². The average Bonchev–Trinajstić information content (AvgIpc) is 3.05. The van der Waals surface area contributed by atoms with Crippen LogP contribution in [-0.2, 0) is 19.1 Å². The number of esters is 1. The van der Waals surface area contributed by atoms with Crippen molar-refractivity contribution in [2.75, 3.05) is 0 Å². The third kappa shape index (κ3) is 3.17. The van der Waals surface area contributed by atoms with Gasteiger partial charge in [-0.1, -0.05) is 39.2 Å². The van der Waals surface area contributed by atoms with Gasteiger partial charge in [0, 0.05) is 11.8 Å². The van der Waals surface area contributed by atoms with E-state index in [1.165, 1.54) is 12.5 Å². The molecule has 8 atom stereocenters. The van der Waals surface area contributed by atoms with Gasteiger partial charge in [0.1, 0.15) is 0 Å². The minimum absolute atomic E-state index is 0.0850. The van der Waals surface area contributed by atoms with Gasteiger partial charge in [-0.3, -0.25) is 14.4 Å². The molecule has 4 aliphatic carbocycles. The zero-order valence-corrected chi connectivity index (χ0v) is 19.8.